The van der Waals surface area contributed by atoms with E-state index in [9.17, 15) is 13.2 Å². The minimum atomic E-state index is -3.93. The second-order valence-corrected chi connectivity index (χ2v) is 7.50. The molecule has 0 bridgehead atoms. The Balaban J connectivity index is 1.96. The molecule has 0 spiro atoms. The van der Waals surface area contributed by atoms with E-state index in [-0.39, 0.29) is 11.5 Å². The molecular weight excluding hydrogens is 368 g/mol. The predicted octanol–water partition coefficient (Wildman–Crippen LogP) is 1.39. The van der Waals surface area contributed by atoms with Crippen LogP contribution in [0.4, 0.5) is 0 Å². The van der Waals surface area contributed by atoms with E-state index in [1.807, 2.05) is 11.8 Å². The molecule has 0 aliphatic rings. The van der Waals surface area contributed by atoms with E-state index in [1.54, 1.807) is 39.1 Å². The fraction of sp³-hybridized carbons (Fsp3) is 0.333. The Labute approximate surface area is 151 Å². The van der Waals surface area contributed by atoms with Crippen LogP contribution in [0, 0.1) is 20.8 Å². The van der Waals surface area contributed by atoms with Gasteiger partial charge in [-0.25, -0.2) is 8.42 Å². The molecule has 0 saturated heterocycles. The third kappa shape index (κ3) is 4.50. The van der Waals surface area contributed by atoms with Gasteiger partial charge in [-0.2, -0.15) is 5.10 Å². The highest BCUT2D eigenvalue weighted by Gasteiger charge is 2.24. The molecule has 10 heteroatoms. The minimum Gasteiger partial charge on any atom is -0.484 e. The Morgan fingerprint density at radius 3 is 2.56 bits per heavy atom. The first kappa shape index (κ1) is 19.2. The highest BCUT2D eigenvalue weighted by atomic mass is 35.5. The number of nitrogens with zero attached hydrogens (tertiary/aromatic N) is 2. The molecule has 0 unspecified atom stereocenters. The monoisotopic (exact) mass is 386 g/mol. The smallest absolute Gasteiger partial charge is 0.272 e. The number of halogens is 1. The number of carbonyl (C=O) groups is 1. The van der Waals surface area contributed by atoms with Crippen LogP contribution in [0.5, 0.6) is 5.75 Å². The third-order valence-electron chi connectivity index (χ3n) is 3.54. The van der Waals surface area contributed by atoms with Gasteiger partial charge in [0, 0.05) is 12.1 Å². The normalized spacial score (nSPS) is 11.4. The van der Waals surface area contributed by atoms with Crippen molar-refractivity contribution in [3.8, 4) is 5.75 Å². The van der Waals surface area contributed by atoms with Gasteiger partial charge in [-0.05, 0) is 44.5 Å². The standard InChI is InChI=1S/C15H19ClN4O4S/c1-9-7-12(5-6-13(9)16)24-8-14(21)17-19-25(22,23)15-10(2)18-20(4)11(15)3/h5-7,19H,8H2,1-4H3,(H,17,21). The average molecular weight is 387 g/mol. The highest BCUT2D eigenvalue weighted by Crippen LogP contribution is 2.21. The lowest BCUT2D eigenvalue weighted by molar-refractivity contribution is -0.123. The van der Waals surface area contributed by atoms with Gasteiger partial charge in [0.2, 0.25) is 0 Å². The highest BCUT2D eigenvalue weighted by molar-refractivity contribution is 7.89. The molecule has 1 aromatic heterocycles. The van der Waals surface area contributed by atoms with Crippen molar-refractivity contribution in [3.05, 3.63) is 40.2 Å². The molecule has 2 rings (SSSR count). The summed E-state index contributed by atoms with van der Waals surface area (Å²) >= 11 is 5.91. The first-order chi connectivity index (χ1) is 11.6. The molecule has 8 nitrogen and oxygen atoms in total. The van der Waals surface area contributed by atoms with E-state index >= 15 is 0 Å². The van der Waals surface area contributed by atoms with Crippen LogP contribution in [0.3, 0.4) is 0 Å². The Hall–Kier alpha value is -2.10. The lowest BCUT2D eigenvalue weighted by Gasteiger charge is -2.10. The predicted molar refractivity (Wildman–Crippen MR) is 92.8 cm³/mol. The molecule has 0 saturated carbocycles. The van der Waals surface area contributed by atoms with Crippen molar-refractivity contribution in [1.29, 1.82) is 0 Å². The number of benzene rings is 1. The van der Waals surface area contributed by atoms with Crippen LogP contribution in [0.25, 0.3) is 0 Å². The molecule has 1 aromatic carbocycles. The van der Waals surface area contributed by atoms with Gasteiger partial charge in [0.15, 0.2) is 6.61 Å². The van der Waals surface area contributed by atoms with Crippen molar-refractivity contribution in [3.63, 3.8) is 0 Å². The first-order valence-electron chi connectivity index (χ1n) is 7.31. The van der Waals surface area contributed by atoms with Gasteiger partial charge in [0.25, 0.3) is 15.9 Å². The Bertz CT molecular complexity index is 908. The van der Waals surface area contributed by atoms with Crippen LogP contribution < -0.4 is 15.0 Å². The third-order valence-corrected chi connectivity index (χ3v) is 5.46. The maximum absolute atomic E-state index is 12.3. The molecule has 0 fully saturated rings. The molecule has 0 radical (unpaired) electrons. The van der Waals surface area contributed by atoms with Crippen molar-refractivity contribution < 1.29 is 17.9 Å². The number of hydrazine groups is 1. The zero-order valence-corrected chi connectivity index (χ0v) is 15.8. The summed E-state index contributed by atoms with van der Waals surface area (Å²) in [5.74, 6) is -0.186. The van der Waals surface area contributed by atoms with E-state index in [0.717, 1.165) is 5.56 Å². The number of rotatable bonds is 6. The number of aromatic nitrogens is 2. The van der Waals surface area contributed by atoms with Crippen LogP contribution in [0.2, 0.25) is 5.02 Å². The van der Waals surface area contributed by atoms with Gasteiger partial charge >= 0.3 is 0 Å². The lowest BCUT2D eigenvalue weighted by Crippen LogP contribution is -2.44. The molecule has 2 N–H and O–H groups in total. The van der Waals surface area contributed by atoms with E-state index in [0.29, 0.717) is 22.2 Å². The number of aryl methyl sites for hydroxylation is 3. The van der Waals surface area contributed by atoms with E-state index in [1.165, 1.54) is 4.68 Å². The quantitative estimate of drug-likeness (QED) is 0.730. The average Bonchev–Trinajstić information content (AvgIpc) is 2.79. The van der Waals surface area contributed by atoms with Crippen LogP contribution in [0.15, 0.2) is 23.1 Å². The second-order valence-electron chi connectivity index (χ2n) is 5.48. The van der Waals surface area contributed by atoms with Crippen molar-refractivity contribution in [2.75, 3.05) is 6.61 Å². The zero-order valence-electron chi connectivity index (χ0n) is 14.3. The molecule has 1 amide bonds. The molecule has 25 heavy (non-hydrogen) atoms. The van der Waals surface area contributed by atoms with Crippen LogP contribution in [-0.4, -0.2) is 30.7 Å². The van der Waals surface area contributed by atoms with Gasteiger partial charge in [-0.1, -0.05) is 11.6 Å². The summed E-state index contributed by atoms with van der Waals surface area (Å²) in [5.41, 5.74) is 3.73. The molecule has 0 aliphatic carbocycles. The number of ether oxygens (including phenoxy) is 1. The van der Waals surface area contributed by atoms with Crippen molar-refractivity contribution in [2.24, 2.45) is 7.05 Å². The Morgan fingerprint density at radius 1 is 1.32 bits per heavy atom. The van der Waals surface area contributed by atoms with E-state index in [2.05, 4.69) is 10.5 Å². The van der Waals surface area contributed by atoms with E-state index in [4.69, 9.17) is 16.3 Å². The zero-order chi connectivity index (χ0) is 18.8. The Kier molecular flexibility index (Phi) is 5.71. The summed E-state index contributed by atoms with van der Waals surface area (Å²) in [4.78, 5) is 13.9. The van der Waals surface area contributed by atoms with Gasteiger partial charge in [0.05, 0.1) is 11.4 Å². The van der Waals surface area contributed by atoms with Crippen LogP contribution in [-0.2, 0) is 21.9 Å². The summed E-state index contributed by atoms with van der Waals surface area (Å²) in [6.45, 7) is 4.66. The summed E-state index contributed by atoms with van der Waals surface area (Å²) in [5, 5.41) is 4.63. The number of carbonyl (C=O) groups excluding carboxylic acids is 1. The van der Waals surface area contributed by atoms with Crippen molar-refractivity contribution in [1.82, 2.24) is 20.0 Å². The summed E-state index contributed by atoms with van der Waals surface area (Å²) in [6.07, 6.45) is 0. The number of hydrogen-bond acceptors (Lipinski definition) is 5. The lowest BCUT2D eigenvalue weighted by atomic mass is 10.2. The molecule has 2 aromatic rings. The maximum atomic E-state index is 12.3. The Morgan fingerprint density at radius 2 is 2.00 bits per heavy atom. The summed E-state index contributed by atoms with van der Waals surface area (Å²) < 4.78 is 31.4. The number of nitrogens with one attached hydrogen (secondary N) is 2. The fourth-order valence-corrected chi connectivity index (χ4v) is 3.63. The number of hydrogen-bond donors (Lipinski definition) is 2. The molecule has 0 aliphatic heterocycles. The SMILES string of the molecule is Cc1cc(OCC(=O)NNS(=O)(=O)c2c(C)nn(C)c2C)ccc1Cl. The summed E-state index contributed by atoms with van der Waals surface area (Å²) in [7, 11) is -2.29. The van der Waals surface area contributed by atoms with Crippen molar-refractivity contribution >= 4 is 27.5 Å². The maximum Gasteiger partial charge on any atom is 0.272 e. The molecule has 136 valence electrons. The topological polar surface area (TPSA) is 102 Å². The van der Waals surface area contributed by atoms with Crippen LogP contribution in [0.1, 0.15) is 17.0 Å². The van der Waals surface area contributed by atoms with Gasteiger partial charge in [-0.15, -0.1) is 4.83 Å². The first-order valence-corrected chi connectivity index (χ1v) is 9.17. The number of sulfonamides is 1. The largest absolute Gasteiger partial charge is 0.484 e. The van der Waals surface area contributed by atoms with Gasteiger partial charge in [0.1, 0.15) is 10.6 Å². The summed E-state index contributed by atoms with van der Waals surface area (Å²) in [6, 6.07) is 4.96. The number of amides is 1. The minimum absolute atomic E-state index is 0.0320. The molecule has 1 heterocycles. The molecular formula is C15H19ClN4O4S. The van der Waals surface area contributed by atoms with Crippen molar-refractivity contribution in [2.45, 2.75) is 25.7 Å². The van der Waals surface area contributed by atoms with E-state index < -0.39 is 15.9 Å². The van der Waals surface area contributed by atoms with Gasteiger partial charge in [-0.3, -0.25) is 14.9 Å². The van der Waals surface area contributed by atoms with Crippen LogP contribution >= 0.6 is 11.6 Å². The second kappa shape index (κ2) is 7.42. The molecule has 0 atom stereocenters. The van der Waals surface area contributed by atoms with Gasteiger partial charge < -0.3 is 4.74 Å². The fourth-order valence-electron chi connectivity index (χ4n) is 2.21.